The normalized spacial score (nSPS) is 21.5. The number of carbonyl (C=O) groups is 2. The Morgan fingerprint density at radius 3 is 2.54 bits per heavy atom. The fraction of sp³-hybridized carbons (Fsp3) is 0.458. The molecule has 2 saturated heterocycles. The van der Waals surface area contributed by atoms with E-state index in [0.29, 0.717) is 50.5 Å². The number of carbonyl (C=O) groups excluding carboxylic acids is 2. The molecular weight excluding hydrogens is 496 g/mol. The molecule has 0 radical (unpaired) electrons. The molecule has 1 aromatic carbocycles. The zero-order valence-electron chi connectivity index (χ0n) is 20.1. The van der Waals surface area contributed by atoms with Crippen molar-refractivity contribution in [2.75, 3.05) is 49.5 Å². The van der Waals surface area contributed by atoms with Gasteiger partial charge >= 0.3 is 0 Å². The van der Waals surface area contributed by atoms with Gasteiger partial charge in [0, 0.05) is 38.3 Å². The molecule has 1 atom stereocenters. The highest BCUT2D eigenvalue weighted by atomic mass is 19.3. The van der Waals surface area contributed by atoms with E-state index in [-0.39, 0.29) is 23.0 Å². The average molecular weight is 523 g/mol. The van der Waals surface area contributed by atoms with Crippen LogP contribution >= 0.6 is 0 Å². The molecule has 0 bridgehead atoms. The molecule has 2 fully saturated rings. The molecule has 3 aliphatic heterocycles. The van der Waals surface area contributed by atoms with Crippen LogP contribution < -0.4 is 20.4 Å². The lowest BCUT2D eigenvalue weighted by Gasteiger charge is -2.38. The molecule has 0 spiro atoms. The van der Waals surface area contributed by atoms with Crippen LogP contribution in [0.4, 0.5) is 28.9 Å². The van der Waals surface area contributed by atoms with Crippen LogP contribution in [0.15, 0.2) is 24.3 Å². The van der Waals surface area contributed by atoms with Gasteiger partial charge in [0.1, 0.15) is 17.1 Å². The van der Waals surface area contributed by atoms with Crippen molar-refractivity contribution < 1.29 is 31.9 Å². The molecule has 2 N–H and O–H groups in total. The number of halogens is 4. The summed E-state index contributed by atoms with van der Waals surface area (Å²) in [6, 6.07) is 6.07. The molecule has 3 aliphatic rings. The molecule has 5 rings (SSSR count). The van der Waals surface area contributed by atoms with Gasteiger partial charge in [-0.25, -0.2) is 23.2 Å². The van der Waals surface area contributed by atoms with Gasteiger partial charge < -0.3 is 15.0 Å². The number of alkyl halides is 2. The minimum atomic E-state index is -2.84. The molecule has 2 amide bonds. The average Bonchev–Trinajstić information content (AvgIpc) is 2.85. The van der Waals surface area contributed by atoms with Crippen LogP contribution in [0.2, 0.25) is 0 Å². The van der Waals surface area contributed by atoms with E-state index in [1.54, 1.807) is 17.0 Å². The third-order valence-electron chi connectivity index (χ3n) is 6.64. The summed E-state index contributed by atoms with van der Waals surface area (Å²) in [5.41, 5.74) is 2.75. The van der Waals surface area contributed by atoms with E-state index >= 15 is 4.39 Å². The second-order valence-corrected chi connectivity index (χ2v) is 9.34. The van der Waals surface area contributed by atoms with E-state index in [0.717, 1.165) is 5.01 Å². The molecule has 2 aromatic rings. The van der Waals surface area contributed by atoms with E-state index < -0.39 is 42.8 Å². The molecule has 1 unspecified atom stereocenters. The maximum Gasteiger partial charge on any atom is 0.284 e. The fourth-order valence-corrected chi connectivity index (χ4v) is 4.59. The van der Waals surface area contributed by atoms with Gasteiger partial charge in [0.2, 0.25) is 5.95 Å². The van der Waals surface area contributed by atoms with E-state index in [1.807, 2.05) is 11.8 Å². The van der Waals surface area contributed by atoms with Crippen LogP contribution in [0.3, 0.4) is 0 Å². The molecule has 198 valence electrons. The number of hydrazine groups is 1. The predicted octanol–water partition coefficient (Wildman–Crippen LogP) is 2.39. The van der Waals surface area contributed by atoms with Crippen molar-refractivity contribution in [3.05, 3.63) is 47.3 Å². The Balaban J connectivity index is 1.17. The lowest BCUT2D eigenvalue weighted by atomic mass is 10.1. The lowest BCUT2D eigenvalue weighted by Crippen LogP contribution is -2.62. The first-order chi connectivity index (χ1) is 17.6. The first-order valence-electron chi connectivity index (χ1n) is 12.0. The Kier molecular flexibility index (Phi) is 6.67. The van der Waals surface area contributed by atoms with Crippen LogP contribution in [0, 0.1) is 11.8 Å². The van der Waals surface area contributed by atoms with Gasteiger partial charge in [0.05, 0.1) is 18.8 Å². The first-order valence-corrected chi connectivity index (χ1v) is 12.0. The number of pyridine rings is 1. The lowest BCUT2D eigenvalue weighted by molar-refractivity contribution is -0.144. The van der Waals surface area contributed by atoms with Gasteiger partial charge in [-0.15, -0.1) is 0 Å². The Morgan fingerprint density at radius 2 is 1.89 bits per heavy atom. The first kappa shape index (κ1) is 25.2. The van der Waals surface area contributed by atoms with Crippen molar-refractivity contribution >= 4 is 23.2 Å². The second kappa shape index (κ2) is 9.78. The van der Waals surface area contributed by atoms with Crippen molar-refractivity contribution in [3.8, 4) is 5.75 Å². The number of benzene rings is 1. The minimum Gasteiger partial charge on any atom is -0.478 e. The van der Waals surface area contributed by atoms with Gasteiger partial charge in [-0.05, 0) is 24.6 Å². The van der Waals surface area contributed by atoms with Crippen LogP contribution in [-0.4, -0.2) is 78.0 Å². The number of nitrogens with zero attached hydrogens (tertiary/aromatic N) is 4. The highest BCUT2D eigenvalue weighted by Gasteiger charge is 2.44. The van der Waals surface area contributed by atoms with Gasteiger partial charge in [-0.3, -0.25) is 19.9 Å². The number of fused-ring (bicyclic) bond motifs is 1. The van der Waals surface area contributed by atoms with Crippen molar-refractivity contribution in [2.45, 2.75) is 31.9 Å². The van der Waals surface area contributed by atoms with Gasteiger partial charge in [0.15, 0.2) is 11.9 Å². The molecule has 4 heterocycles. The summed E-state index contributed by atoms with van der Waals surface area (Å²) in [4.78, 5) is 31.7. The summed E-state index contributed by atoms with van der Waals surface area (Å²) < 4.78 is 61.2. The SMILES string of the molecule is CCC1Oc2ccc(CN3CCN(c4ccc(C(=O)NN5CC(F)(F)C5)nc4F)CC3)c(F)c2NC1=O. The molecule has 37 heavy (non-hydrogen) atoms. The smallest absolute Gasteiger partial charge is 0.284 e. The van der Waals surface area contributed by atoms with Gasteiger partial charge in [0.25, 0.3) is 17.7 Å². The monoisotopic (exact) mass is 522 g/mol. The van der Waals surface area contributed by atoms with Gasteiger partial charge in [-0.1, -0.05) is 13.0 Å². The number of hydrogen-bond acceptors (Lipinski definition) is 7. The summed E-state index contributed by atoms with van der Waals surface area (Å²) in [5.74, 6) is -5.04. The molecule has 13 heteroatoms. The zero-order valence-corrected chi connectivity index (χ0v) is 20.1. The Hall–Kier alpha value is -3.45. The molecule has 0 saturated carbocycles. The van der Waals surface area contributed by atoms with Gasteiger partial charge in [-0.2, -0.15) is 4.39 Å². The van der Waals surface area contributed by atoms with Crippen LogP contribution in [-0.2, 0) is 11.3 Å². The number of anilines is 2. The maximum atomic E-state index is 15.1. The van der Waals surface area contributed by atoms with Crippen molar-refractivity contribution in [1.82, 2.24) is 20.3 Å². The number of amides is 2. The zero-order chi connectivity index (χ0) is 26.3. The molecule has 1 aromatic heterocycles. The summed E-state index contributed by atoms with van der Waals surface area (Å²) in [5, 5.41) is 3.64. The van der Waals surface area contributed by atoms with E-state index in [9.17, 15) is 22.8 Å². The number of piperazine rings is 1. The minimum absolute atomic E-state index is 0.0472. The summed E-state index contributed by atoms with van der Waals surface area (Å²) >= 11 is 0. The third-order valence-corrected chi connectivity index (χ3v) is 6.64. The predicted molar refractivity (Wildman–Crippen MR) is 125 cm³/mol. The molecule has 0 aliphatic carbocycles. The fourth-order valence-electron chi connectivity index (χ4n) is 4.59. The van der Waals surface area contributed by atoms with Crippen molar-refractivity contribution in [2.24, 2.45) is 0 Å². The van der Waals surface area contributed by atoms with E-state index in [1.165, 1.54) is 12.1 Å². The van der Waals surface area contributed by atoms with Crippen LogP contribution in [0.5, 0.6) is 5.75 Å². The topological polar surface area (TPSA) is 90.0 Å². The number of hydrogen-bond donors (Lipinski definition) is 2. The largest absolute Gasteiger partial charge is 0.478 e. The summed E-state index contributed by atoms with van der Waals surface area (Å²) in [7, 11) is 0. The number of ether oxygens (including phenoxy) is 1. The van der Waals surface area contributed by atoms with Crippen molar-refractivity contribution in [1.29, 1.82) is 0 Å². The standard InChI is InChI=1S/C24H26F4N6O3/c1-2-17-23(36)30-20-18(37-17)6-3-14(19(20)25)11-32-7-9-33(10-8-32)16-5-4-15(29-21(16)26)22(35)31-34-12-24(27,28)13-34/h3-6,17H,2,7-13H2,1H3,(H,30,36)(H,31,35). The highest BCUT2D eigenvalue weighted by molar-refractivity contribution is 5.98. The number of rotatable bonds is 6. The number of nitrogens with one attached hydrogen (secondary N) is 2. The maximum absolute atomic E-state index is 15.1. The van der Waals surface area contributed by atoms with E-state index in [2.05, 4.69) is 15.7 Å². The van der Waals surface area contributed by atoms with Crippen molar-refractivity contribution in [3.63, 3.8) is 0 Å². The molecule has 9 nitrogen and oxygen atoms in total. The Bertz CT molecular complexity index is 1210. The Morgan fingerprint density at radius 1 is 1.16 bits per heavy atom. The third kappa shape index (κ3) is 5.18. The summed E-state index contributed by atoms with van der Waals surface area (Å²) in [6.07, 6.45) is -0.164. The summed E-state index contributed by atoms with van der Waals surface area (Å²) in [6.45, 7) is 2.84. The quantitative estimate of drug-likeness (QED) is 0.445. The Labute approximate surface area is 210 Å². The number of aromatic nitrogens is 1. The highest BCUT2D eigenvalue weighted by Crippen LogP contribution is 2.35. The van der Waals surface area contributed by atoms with E-state index in [4.69, 9.17) is 4.74 Å². The van der Waals surface area contributed by atoms with Crippen LogP contribution in [0.1, 0.15) is 29.4 Å². The molecular formula is C24H26F4N6O3. The van der Waals surface area contributed by atoms with Crippen LogP contribution in [0.25, 0.3) is 0 Å². The second-order valence-electron chi connectivity index (χ2n) is 9.34.